The molecule has 1 aromatic heterocycles. The summed E-state index contributed by atoms with van der Waals surface area (Å²) in [6.07, 6.45) is 3.63. The predicted molar refractivity (Wildman–Crippen MR) is 87.0 cm³/mol. The van der Waals surface area contributed by atoms with Gasteiger partial charge in [-0.3, -0.25) is 0 Å². The van der Waals surface area contributed by atoms with Crippen LogP contribution in [0.2, 0.25) is 0 Å². The van der Waals surface area contributed by atoms with Crippen molar-refractivity contribution in [2.75, 3.05) is 5.32 Å². The van der Waals surface area contributed by atoms with Crippen LogP contribution in [0.25, 0.3) is 0 Å². The Kier molecular flexibility index (Phi) is 5.18. The van der Waals surface area contributed by atoms with Crippen LogP contribution < -0.4 is 10.6 Å². The van der Waals surface area contributed by atoms with E-state index in [0.717, 1.165) is 24.3 Å². The smallest absolute Gasteiger partial charge is 0.171 e. The molecule has 3 nitrogen and oxygen atoms in total. The summed E-state index contributed by atoms with van der Waals surface area (Å²) < 4.78 is 5.27. The topological polar surface area (TPSA) is 37.2 Å². The van der Waals surface area contributed by atoms with E-state index < -0.39 is 0 Å². The fourth-order valence-electron chi connectivity index (χ4n) is 2.14. The molecule has 2 rings (SSSR count). The maximum atomic E-state index is 5.36. The molecule has 106 valence electrons. The molecule has 1 heterocycles. The van der Waals surface area contributed by atoms with Gasteiger partial charge in [-0.2, -0.15) is 0 Å². The molecule has 0 unspecified atom stereocenters. The average molecular weight is 288 g/mol. The molecule has 0 amide bonds. The van der Waals surface area contributed by atoms with E-state index in [9.17, 15) is 0 Å². The number of hydrogen-bond acceptors (Lipinski definition) is 2. The summed E-state index contributed by atoms with van der Waals surface area (Å²) in [6.45, 7) is 4.90. The van der Waals surface area contributed by atoms with Gasteiger partial charge in [-0.15, -0.1) is 0 Å². The first-order chi connectivity index (χ1) is 9.74. The highest BCUT2D eigenvalue weighted by Gasteiger charge is 2.08. The van der Waals surface area contributed by atoms with Crippen LogP contribution in [0.15, 0.2) is 41.0 Å². The SMILES string of the molecule is CCc1cccc(CC)c1NC(=S)NCc1ccco1. The van der Waals surface area contributed by atoms with E-state index in [1.54, 1.807) is 6.26 Å². The van der Waals surface area contributed by atoms with Crippen LogP contribution in [0.4, 0.5) is 5.69 Å². The van der Waals surface area contributed by atoms with Gasteiger partial charge in [-0.25, -0.2) is 0 Å². The second kappa shape index (κ2) is 7.10. The number of benzene rings is 1. The number of thiocarbonyl (C=S) groups is 1. The van der Waals surface area contributed by atoms with Crippen LogP contribution in [-0.2, 0) is 19.4 Å². The van der Waals surface area contributed by atoms with E-state index in [-0.39, 0.29) is 0 Å². The summed E-state index contributed by atoms with van der Waals surface area (Å²) in [5.41, 5.74) is 3.70. The average Bonchev–Trinajstić information content (AvgIpc) is 2.98. The van der Waals surface area contributed by atoms with E-state index in [4.69, 9.17) is 16.6 Å². The lowest BCUT2D eigenvalue weighted by atomic mass is 10.0. The van der Waals surface area contributed by atoms with Crippen molar-refractivity contribution in [1.29, 1.82) is 0 Å². The molecule has 0 aliphatic rings. The van der Waals surface area contributed by atoms with Crippen molar-refractivity contribution in [2.24, 2.45) is 0 Å². The lowest BCUT2D eigenvalue weighted by Crippen LogP contribution is -2.28. The number of hydrogen-bond donors (Lipinski definition) is 2. The molecule has 1 aromatic carbocycles. The Morgan fingerprint density at radius 3 is 2.35 bits per heavy atom. The molecule has 0 bridgehead atoms. The standard InChI is InChI=1S/C16H20N2OS/c1-3-12-7-5-8-13(4-2)15(12)18-16(20)17-11-14-9-6-10-19-14/h5-10H,3-4,11H2,1-2H3,(H2,17,18,20). The summed E-state index contributed by atoms with van der Waals surface area (Å²) in [6, 6.07) is 10.2. The highest BCUT2D eigenvalue weighted by Crippen LogP contribution is 2.22. The second-order valence-corrected chi connectivity index (χ2v) is 4.95. The first-order valence-corrected chi connectivity index (χ1v) is 7.33. The van der Waals surface area contributed by atoms with Crippen molar-refractivity contribution in [2.45, 2.75) is 33.2 Å². The van der Waals surface area contributed by atoms with Crippen molar-refractivity contribution in [3.8, 4) is 0 Å². The summed E-state index contributed by atoms with van der Waals surface area (Å²) in [5, 5.41) is 7.11. The van der Waals surface area contributed by atoms with Crippen molar-refractivity contribution < 1.29 is 4.42 Å². The van der Waals surface area contributed by atoms with Crippen molar-refractivity contribution in [1.82, 2.24) is 5.32 Å². The maximum Gasteiger partial charge on any atom is 0.171 e. The van der Waals surface area contributed by atoms with Crippen LogP contribution in [-0.4, -0.2) is 5.11 Å². The molecule has 4 heteroatoms. The number of para-hydroxylation sites is 1. The van der Waals surface area contributed by atoms with Gasteiger partial charge >= 0.3 is 0 Å². The van der Waals surface area contributed by atoms with Gasteiger partial charge in [0, 0.05) is 5.69 Å². The highest BCUT2D eigenvalue weighted by atomic mass is 32.1. The Labute approximate surface area is 125 Å². The largest absolute Gasteiger partial charge is 0.467 e. The summed E-state index contributed by atoms with van der Waals surface area (Å²) in [7, 11) is 0. The van der Waals surface area contributed by atoms with Crippen molar-refractivity contribution >= 4 is 23.0 Å². The number of aryl methyl sites for hydroxylation is 2. The summed E-state index contributed by atoms with van der Waals surface area (Å²) in [4.78, 5) is 0. The molecule has 2 N–H and O–H groups in total. The monoisotopic (exact) mass is 288 g/mol. The van der Waals surface area contributed by atoms with Gasteiger partial charge in [0.2, 0.25) is 0 Å². The molecule has 0 aliphatic carbocycles. The Balaban J connectivity index is 2.03. The fourth-order valence-corrected chi connectivity index (χ4v) is 2.32. The molecule has 2 aromatic rings. The minimum atomic E-state index is 0.592. The molecular formula is C16H20N2OS. The van der Waals surface area contributed by atoms with Crippen LogP contribution in [0.3, 0.4) is 0 Å². The quantitative estimate of drug-likeness (QED) is 0.819. The molecule has 0 saturated carbocycles. The maximum absolute atomic E-state index is 5.36. The minimum Gasteiger partial charge on any atom is -0.467 e. The van der Waals surface area contributed by atoms with E-state index in [0.29, 0.717) is 11.7 Å². The van der Waals surface area contributed by atoms with Crippen LogP contribution in [0.1, 0.15) is 30.7 Å². The van der Waals surface area contributed by atoms with E-state index in [2.05, 4.69) is 42.7 Å². The normalized spacial score (nSPS) is 10.3. The Bertz CT molecular complexity index is 542. The van der Waals surface area contributed by atoms with Gasteiger partial charge in [0.25, 0.3) is 0 Å². The molecule has 0 atom stereocenters. The van der Waals surface area contributed by atoms with Gasteiger partial charge in [-0.05, 0) is 48.3 Å². The zero-order valence-corrected chi connectivity index (χ0v) is 12.7. The zero-order chi connectivity index (χ0) is 14.4. The lowest BCUT2D eigenvalue weighted by molar-refractivity contribution is 0.503. The van der Waals surface area contributed by atoms with E-state index in [1.165, 1.54) is 11.1 Å². The number of furan rings is 1. The van der Waals surface area contributed by atoms with Crippen molar-refractivity contribution in [3.05, 3.63) is 53.5 Å². The number of anilines is 1. The van der Waals surface area contributed by atoms with Crippen molar-refractivity contribution in [3.63, 3.8) is 0 Å². The second-order valence-electron chi connectivity index (χ2n) is 4.55. The predicted octanol–water partition coefficient (Wildman–Crippen LogP) is 3.89. The highest BCUT2D eigenvalue weighted by molar-refractivity contribution is 7.80. The van der Waals surface area contributed by atoms with E-state index in [1.807, 2.05) is 12.1 Å². The first-order valence-electron chi connectivity index (χ1n) is 6.92. The zero-order valence-electron chi connectivity index (χ0n) is 11.9. The van der Waals surface area contributed by atoms with E-state index >= 15 is 0 Å². The molecular weight excluding hydrogens is 268 g/mol. The van der Waals surface area contributed by atoms with Gasteiger partial charge in [0.1, 0.15) is 5.76 Å². The Hall–Kier alpha value is -1.81. The van der Waals surface area contributed by atoms with Gasteiger partial charge in [-0.1, -0.05) is 32.0 Å². The minimum absolute atomic E-state index is 0.592. The number of rotatable bonds is 5. The van der Waals surface area contributed by atoms with Crippen LogP contribution >= 0.6 is 12.2 Å². The lowest BCUT2D eigenvalue weighted by Gasteiger charge is -2.16. The third kappa shape index (κ3) is 3.61. The summed E-state index contributed by atoms with van der Waals surface area (Å²) in [5.74, 6) is 0.869. The third-order valence-corrected chi connectivity index (χ3v) is 3.49. The molecule has 0 fully saturated rings. The molecule has 0 saturated heterocycles. The molecule has 20 heavy (non-hydrogen) atoms. The number of nitrogens with one attached hydrogen (secondary N) is 2. The third-order valence-electron chi connectivity index (χ3n) is 3.24. The Morgan fingerprint density at radius 2 is 1.80 bits per heavy atom. The molecule has 0 aliphatic heterocycles. The Morgan fingerprint density at radius 1 is 1.10 bits per heavy atom. The molecule has 0 spiro atoms. The van der Waals surface area contributed by atoms with Gasteiger partial charge in [0.15, 0.2) is 5.11 Å². The van der Waals surface area contributed by atoms with Gasteiger partial charge in [0.05, 0.1) is 12.8 Å². The molecule has 0 radical (unpaired) electrons. The van der Waals surface area contributed by atoms with Crippen LogP contribution in [0.5, 0.6) is 0 Å². The summed E-state index contributed by atoms with van der Waals surface area (Å²) >= 11 is 5.36. The van der Waals surface area contributed by atoms with Crippen LogP contribution in [0, 0.1) is 0 Å². The first kappa shape index (κ1) is 14.6. The van der Waals surface area contributed by atoms with Gasteiger partial charge < -0.3 is 15.1 Å². The fraction of sp³-hybridized carbons (Fsp3) is 0.312.